The molecule has 194 valence electrons. The van der Waals surface area contributed by atoms with Crippen LogP contribution in [0, 0.1) is 0 Å². The van der Waals surface area contributed by atoms with Gasteiger partial charge in [-0.15, -0.1) is 0 Å². The van der Waals surface area contributed by atoms with Gasteiger partial charge in [0.25, 0.3) is 5.91 Å². The zero-order chi connectivity index (χ0) is 25.5. The fraction of sp³-hybridized carbons (Fsp3) is 0.462. The van der Waals surface area contributed by atoms with Crippen LogP contribution in [0.2, 0.25) is 0 Å². The Hall–Kier alpha value is -3.54. The molecule has 0 radical (unpaired) electrons. The monoisotopic (exact) mass is 505 g/mol. The minimum absolute atomic E-state index is 0.00310. The lowest BCUT2D eigenvalue weighted by Gasteiger charge is -2.35. The summed E-state index contributed by atoms with van der Waals surface area (Å²) in [4.78, 5) is 22.9. The van der Waals surface area contributed by atoms with Gasteiger partial charge in [0, 0.05) is 57.3 Å². The van der Waals surface area contributed by atoms with Gasteiger partial charge in [-0.3, -0.25) is 4.79 Å². The molecule has 6 rings (SSSR count). The van der Waals surface area contributed by atoms with Crippen LogP contribution in [0.25, 0.3) is 27.9 Å². The van der Waals surface area contributed by atoms with E-state index in [9.17, 15) is 4.79 Å². The van der Waals surface area contributed by atoms with Gasteiger partial charge in [-0.2, -0.15) is 9.61 Å². The zero-order valence-corrected chi connectivity index (χ0v) is 21.2. The Morgan fingerprint density at radius 2 is 2.03 bits per heavy atom. The van der Waals surface area contributed by atoms with E-state index in [0.717, 1.165) is 47.4 Å². The van der Waals surface area contributed by atoms with E-state index in [-0.39, 0.29) is 30.2 Å². The van der Waals surface area contributed by atoms with Crippen molar-refractivity contribution in [1.29, 1.82) is 0 Å². The van der Waals surface area contributed by atoms with Crippen LogP contribution in [0.3, 0.4) is 0 Å². The molecule has 1 aliphatic heterocycles. The number of pyridine rings is 1. The summed E-state index contributed by atoms with van der Waals surface area (Å²) in [6, 6.07) is 6.00. The fourth-order valence-corrected chi connectivity index (χ4v) is 5.39. The number of amides is 1. The lowest BCUT2D eigenvalue weighted by atomic mass is 9.89. The van der Waals surface area contributed by atoms with Crippen molar-refractivity contribution in [2.24, 2.45) is 0 Å². The molecular formula is C26H31N7O4. The molecule has 1 saturated carbocycles. The summed E-state index contributed by atoms with van der Waals surface area (Å²) in [7, 11) is 5.21. The normalized spacial score (nSPS) is 23.8. The number of fused-ring (bicyclic) bond motifs is 2. The number of rotatable bonds is 7. The summed E-state index contributed by atoms with van der Waals surface area (Å²) in [6.45, 7) is 1.20. The average molecular weight is 506 g/mol. The average Bonchev–Trinajstić information content (AvgIpc) is 3.53. The Morgan fingerprint density at radius 3 is 2.78 bits per heavy atom. The maximum atomic E-state index is 13.2. The van der Waals surface area contributed by atoms with Crippen molar-refractivity contribution in [2.75, 3.05) is 39.8 Å². The highest BCUT2D eigenvalue weighted by Crippen LogP contribution is 2.35. The quantitative estimate of drug-likeness (QED) is 0.394. The maximum absolute atomic E-state index is 13.2. The molecule has 1 aliphatic carbocycles. The highest BCUT2D eigenvalue weighted by Gasteiger charge is 2.33. The summed E-state index contributed by atoms with van der Waals surface area (Å²) in [5, 5.41) is 11.7. The van der Waals surface area contributed by atoms with Gasteiger partial charge in [-0.05, 0) is 31.4 Å². The van der Waals surface area contributed by atoms with Crippen LogP contribution < -0.4 is 10.6 Å². The number of nitrogens with zero attached hydrogens (tertiary/aromatic N) is 5. The first-order chi connectivity index (χ1) is 18.1. The molecular weight excluding hydrogens is 474 g/mol. The predicted molar refractivity (Wildman–Crippen MR) is 138 cm³/mol. The third-order valence-corrected chi connectivity index (χ3v) is 7.60. The molecule has 0 bridgehead atoms. The molecule has 5 heterocycles. The number of aromatic nitrogens is 5. The number of nitrogens with one attached hydrogen (secondary N) is 2. The predicted octanol–water partition coefficient (Wildman–Crippen LogP) is 2.67. The number of anilines is 1. The van der Waals surface area contributed by atoms with Crippen LogP contribution in [0.5, 0.6) is 0 Å². The fourth-order valence-electron chi connectivity index (χ4n) is 5.39. The standard InChI is InChI=1S/C26H31N7O4/c1-27-23-11-19(30-25-16(12-29-33(23)25)26(34)31-18-6-7-21(18)35-2)17-13-32(24-15(17)5-4-9-28-24)20-8-10-37-14-22(20)36-3/h4-5,9,11-13,18,20-22,27H,6-8,10,14H2,1-3H3,(H,31,34)/t18?,20-,21+,22+/m1/s1. The first-order valence-electron chi connectivity index (χ1n) is 12.6. The van der Waals surface area contributed by atoms with Crippen LogP contribution >= 0.6 is 0 Å². The Bertz CT molecular complexity index is 1450. The van der Waals surface area contributed by atoms with Crippen molar-refractivity contribution < 1.29 is 19.0 Å². The lowest BCUT2D eigenvalue weighted by Crippen LogP contribution is -2.51. The second-order valence-corrected chi connectivity index (χ2v) is 9.53. The van der Waals surface area contributed by atoms with Gasteiger partial charge >= 0.3 is 0 Å². The topological polar surface area (TPSA) is 117 Å². The number of methoxy groups -OCH3 is 2. The number of carbonyl (C=O) groups is 1. The van der Waals surface area contributed by atoms with Crippen molar-refractivity contribution >= 4 is 28.4 Å². The van der Waals surface area contributed by atoms with Gasteiger partial charge < -0.3 is 29.4 Å². The van der Waals surface area contributed by atoms with Crippen molar-refractivity contribution in [3.8, 4) is 11.3 Å². The van der Waals surface area contributed by atoms with E-state index < -0.39 is 0 Å². The van der Waals surface area contributed by atoms with Crippen LogP contribution in [-0.4, -0.2) is 82.8 Å². The zero-order valence-electron chi connectivity index (χ0n) is 21.2. The molecule has 11 nitrogen and oxygen atoms in total. The van der Waals surface area contributed by atoms with E-state index in [4.69, 9.17) is 24.2 Å². The molecule has 11 heteroatoms. The van der Waals surface area contributed by atoms with Gasteiger partial charge in [-0.25, -0.2) is 9.97 Å². The van der Waals surface area contributed by atoms with E-state index in [1.165, 1.54) is 0 Å². The van der Waals surface area contributed by atoms with Gasteiger partial charge in [0.2, 0.25) is 0 Å². The first kappa shape index (κ1) is 23.8. The molecule has 1 unspecified atom stereocenters. The van der Waals surface area contributed by atoms with Crippen LogP contribution in [0.15, 0.2) is 36.8 Å². The molecule has 2 aliphatic rings. The Labute approximate surface area is 214 Å². The minimum Gasteiger partial charge on any atom is -0.379 e. The Morgan fingerprint density at radius 1 is 1.16 bits per heavy atom. The number of hydrogen-bond acceptors (Lipinski definition) is 8. The van der Waals surface area contributed by atoms with E-state index in [2.05, 4.69) is 26.5 Å². The van der Waals surface area contributed by atoms with Crippen molar-refractivity contribution in [3.63, 3.8) is 0 Å². The lowest BCUT2D eigenvalue weighted by molar-refractivity contribution is -0.0592. The van der Waals surface area contributed by atoms with Gasteiger partial charge in [0.1, 0.15) is 23.1 Å². The summed E-state index contributed by atoms with van der Waals surface area (Å²) in [6.07, 6.45) is 8.08. The molecule has 2 fully saturated rings. The van der Waals surface area contributed by atoms with Crippen LogP contribution in [0.1, 0.15) is 35.7 Å². The third-order valence-electron chi connectivity index (χ3n) is 7.60. The van der Waals surface area contributed by atoms with Gasteiger partial charge in [-0.1, -0.05) is 0 Å². The molecule has 0 aromatic carbocycles. The number of carbonyl (C=O) groups excluding carboxylic acids is 1. The number of hydrogen-bond donors (Lipinski definition) is 2. The molecule has 4 aromatic rings. The van der Waals surface area contributed by atoms with E-state index in [1.54, 1.807) is 31.1 Å². The molecule has 1 saturated heterocycles. The minimum atomic E-state index is -0.206. The Kier molecular flexibility index (Phi) is 6.27. The van der Waals surface area contributed by atoms with E-state index in [1.807, 2.05) is 25.2 Å². The smallest absolute Gasteiger partial charge is 0.257 e. The summed E-state index contributed by atoms with van der Waals surface area (Å²) >= 11 is 0. The molecule has 1 amide bonds. The van der Waals surface area contributed by atoms with Crippen molar-refractivity contribution in [2.45, 2.75) is 43.6 Å². The summed E-state index contributed by atoms with van der Waals surface area (Å²) in [5.41, 5.74) is 3.42. The van der Waals surface area contributed by atoms with Crippen LogP contribution in [0.4, 0.5) is 5.82 Å². The third kappa shape index (κ3) is 4.03. The Balaban J connectivity index is 1.45. The highest BCUT2D eigenvalue weighted by molar-refractivity contribution is 6.01. The molecule has 37 heavy (non-hydrogen) atoms. The second-order valence-electron chi connectivity index (χ2n) is 9.53. The van der Waals surface area contributed by atoms with Crippen LogP contribution in [-0.2, 0) is 14.2 Å². The summed E-state index contributed by atoms with van der Waals surface area (Å²) < 4.78 is 20.7. The summed E-state index contributed by atoms with van der Waals surface area (Å²) in [5.74, 6) is 0.519. The second kappa shape index (κ2) is 9.73. The van der Waals surface area contributed by atoms with E-state index in [0.29, 0.717) is 24.4 Å². The van der Waals surface area contributed by atoms with Gasteiger partial charge in [0.15, 0.2) is 5.65 Å². The number of ether oxygens (including phenoxy) is 3. The molecule has 0 spiro atoms. The SMILES string of the molecule is CNc1cc(-c2cn([C@@H]3CCOC[C@@H]3OC)c3ncccc23)nc2c(C(=O)NC3CC[C@@H]3OC)cnn12. The highest BCUT2D eigenvalue weighted by atomic mass is 16.5. The molecule has 4 atom stereocenters. The van der Waals surface area contributed by atoms with E-state index >= 15 is 0 Å². The van der Waals surface area contributed by atoms with Crippen molar-refractivity contribution in [3.05, 3.63) is 42.4 Å². The molecule has 2 N–H and O–H groups in total. The van der Waals surface area contributed by atoms with Crippen molar-refractivity contribution in [1.82, 2.24) is 29.5 Å². The maximum Gasteiger partial charge on any atom is 0.257 e. The molecule has 4 aromatic heterocycles. The first-order valence-corrected chi connectivity index (χ1v) is 12.6. The van der Waals surface area contributed by atoms with Gasteiger partial charge in [0.05, 0.1) is 36.7 Å². The largest absolute Gasteiger partial charge is 0.379 e.